The van der Waals surface area contributed by atoms with Crippen LogP contribution in [-0.2, 0) is 27.8 Å². The van der Waals surface area contributed by atoms with Crippen LogP contribution in [0.5, 0.6) is 0 Å². The average Bonchev–Trinajstić information content (AvgIpc) is 3.55. The van der Waals surface area contributed by atoms with Crippen molar-refractivity contribution in [2.75, 3.05) is 13.1 Å². The third kappa shape index (κ3) is 6.39. The number of hydrogen-bond donors (Lipinski definition) is 2. The van der Waals surface area contributed by atoms with E-state index in [0.29, 0.717) is 25.0 Å². The number of carbonyl (C=O) groups is 1. The van der Waals surface area contributed by atoms with Crippen LogP contribution in [0.2, 0.25) is 0 Å². The minimum atomic E-state index is -3.70. The van der Waals surface area contributed by atoms with E-state index in [2.05, 4.69) is 48.3 Å². The van der Waals surface area contributed by atoms with Crippen LogP contribution in [0.25, 0.3) is 0 Å². The van der Waals surface area contributed by atoms with E-state index in [0.717, 1.165) is 18.5 Å². The number of amides is 1. The van der Waals surface area contributed by atoms with Crippen LogP contribution in [0.1, 0.15) is 36.5 Å². The van der Waals surface area contributed by atoms with Crippen LogP contribution in [-0.4, -0.2) is 38.4 Å². The lowest BCUT2D eigenvalue weighted by Gasteiger charge is -2.30. The van der Waals surface area contributed by atoms with Crippen LogP contribution in [0.4, 0.5) is 0 Å². The Morgan fingerprint density at radius 2 is 1.70 bits per heavy atom. The Balaban J connectivity index is 1.56. The molecule has 0 radical (unpaired) electrons. The Bertz CT molecular complexity index is 952. The number of nitrogens with one attached hydrogen (secondary N) is 1. The zero-order chi connectivity index (χ0) is 21.7. The van der Waals surface area contributed by atoms with Gasteiger partial charge in [-0.15, -0.1) is 0 Å². The van der Waals surface area contributed by atoms with E-state index in [1.54, 1.807) is 12.1 Å². The molecule has 3 rings (SSSR count). The van der Waals surface area contributed by atoms with Crippen molar-refractivity contribution in [3.8, 4) is 0 Å². The monoisotopic (exact) mass is 429 g/mol. The summed E-state index contributed by atoms with van der Waals surface area (Å²) in [6.07, 6.45) is 3.41. The highest BCUT2D eigenvalue weighted by molar-refractivity contribution is 7.89. The summed E-state index contributed by atoms with van der Waals surface area (Å²) in [7, 11) is -3.70. The van der Waals surface area contributed by atoms with Gasteiger partial charge in [0.05, 0.1) is 11.4 Å². The van der Waals surface area contributed by atoms with E-state index in [-0.39, 0.29) is 10.8 Å². The molecule has 7 heteroatoms. The molecule has 1 atom stereocenters. The van der Waals surface area contributed by atoms with Gasteiger partial charge < -0.3 is 5.32 Å². The summed E-state index contributed by atoms with van der Waals surface area (Å²) in [4.78, 5) is 14.9. The summed E-state index contributed by atoms with van der Waals surface area (Å²) < 4.78 is 22.7. The van der Waals surface area contributed by atoms with Crippen LogP contribution < -0.4 is 10.5 Å². The number of likely N-dealkylation sites (N-methyl/N-ethyl adjacent to an activating group) is 1. The molecule has 0 aromatic heterocycles. The molecular weight excluding hydrogens is 398 g/mol. The first-order chi connectivity index (χ1) is 14.3. The molecule has 1 saturated carbocycles. The van der Waals surface area contributed by atoms with Crippen molar-refractivity contribution in [1.29, 1.82) is 0 Å². The highest BCUT2D eigenvalue weighted by Gasteiger charge is 2.35. The Morgan fingerprint density at radius 3 is 2.23 bits per heavy atom. The van der Waals surface area contributed by atoms with Crippen molar-refractivity contribution in [2.24, 2.45) is 11.1 Å². The number of rotatable bonds is 10. The molecule has 0 unspecified atom stereocenters. The molecule has 2 aromatic carbocycles. The lowest BCUT2D eigenvalue weighted by Crippen LogP contribution is -2.44. The van der Waals surface area contributed by atoms with Crippen molar-refractivity contribution in [2.45, 2.75) is 50.6 Å². The predicted octanol–water partition coefficient (Wildman–Crippen LogP) is 2.60. The number of carbonyl (C=O) groups excluding carboxylic acids is 1. The SMILES string of the molecule is CCN(CC(=O)NCc1ccc(S(N)(=O)=O)cc1)[C@@H](Cc1ccc(C)cc1)C1CC1. The lowest BCUT2D eigenvalue weighted by molar-refractivity contribution is -0.123. The van der Waals surface area contributed by atoms with E-state index in [4.69, 9.17) is 5.14 Å². The molecule has 0 saturated heterocycles. The van der Waals surface area contributed by atoms with Crippen molar-refractivity contribution < 1.29 is 13.2 Å². The fourth-order valence-electron chi connectivity index (χ4n) is 3.74. The molecule has 1 aliphatic rings. The Kier molecular flexibility index (Phi) is 7.28. The summed E-state index contributed by atoms with van der Waals surface area (Å²) in [6, 6.07) is 15.3. The van der Waals surface area contributed by atoms with Gasteiger partial charge in [-0.1, -0.05) is 48.9 Å². The summed E-state index contributed by atoms with van der Waals surface area (Å²) >= 11 is 0. The third-order valence-electron chi connectivity index (χ3n) is 5.70. The van der Waals surface area contributed by atoms with Gasteiger partial charge in [0.15, 0.2) is 0 Å². The minimum absolute atomic E-state index is 0.0260. The van der Waals surface area contributed by atoms with E-state index in [1.165, 1.54) is 36.1 Å². The smallest absolute Gasteiger partial charge is 0.238 e. The third-order valence-corrected chi connectivity index (χ3v) is 6.62. The summed E-state index contributed by atoms with van der Waals surface area (Å²) in [5, 5.41) is 8.06. The molecular formula is C23H31N3O3S. The van der Waals surface area contributed by atoms with Gasteiger partial charge in [0.1, 0.15) is 0 Å². The van der Waals surface area contributed by atoms with Gasteiger partial charge in [-0.25, -0.2) is 13.6 Å². The van der Waals surface area contributed by atoms with Gasteiger partial charge in [0.25, 0.3) is 0 Å². The zero-order valence-corrected chi connectivity index (χ0v) is 18.5. The maximum Gasteiger partial charge on any atom is 0.238 e. The van der Waals surface area contributed by atoms with Crippen LogP contribution in [0, 0.1) is 12.8 Å². The molecule has 1 fully saturated rings. The first-order valence-corrected chi connectivity index (χ1v) is 12.0. The number of primary sulfonamides is 1. The molecule has 0 heterocycles. The molecule has 6 nitrogen and oxygen atoms in total. The fourth-order valence-corrected chi connectivity index (χ4v) is 4.26. The normalized spacial score (nSPS) is 15.2. The molecule has 0 aliphatic heterocycles. The topological polar surface area (TPSA) is 92.5 Å². The van der Waals surface area contributed by atoms with E-state index >= 15 is 0 Å². The molecule has 1 amide bonds. The summed E-state index contributed by atoms with van der Waals surface area (Å²) in [6.45, 7) is 5.73. The second kappa shape index (κ2) is 9.73. The van der Waals surface area contributed by atoms with Gasteiger partial charge >= 0.3 is 0 Å². The van der Waals surface area contributed by atoms with E-state index < -0.39 is 10.0 Å². The number of nitrogens with zero attached hydrogens (tertiary/aromatic N) is 1. The van der Waals surface area contributed by atoms with Crippen molar-refractivity contribution in [3.05, 3.63) is 65.2 Å². The summed E-state index contributed by atoms with van der Waals surface area (Å²) in [5.74, 6) is 0.631. The maximum atomic E-state index is 12.6. The number of hydrogen-bond acceptors (Lipinski definition) is 4. The Hall–Kier alpha value is -2.22. The van der Waals surface area contributed by atoms with E-state index in [1.807, 2.05) is 0 Å². The highest BCUT2D eigenvalue weighted by atomic mass is 32.2. The maximum absolute atomic E-state index is 12.6. The first-order valence-electron chi connectivity index (χ1n) is 10.4. The standard InChI is InChI=1S/C23H31N3O3S/c1-3-26(22(20-10-11-20)14-18-6-4-17(2)5-7-18)16-23(27)25-15-19-8-12-21(13-9-19)30(24,28)29/h4-9,12-13,20,22H,3,10-11,14-16H2,1-2H3,(H,25,27)(H2,24,28,29)/t22-/m0/s1. The molecule has 0 bridgehead atoms. The van der Waals surface area contributed by atoms with Crippen molar-refractivity contribution in [1.82, 2.24) is 10.2 Å². The predicted molar refractivity (Wildman–Crippen MR) is 118 cm³/mol. The molecule has 162 valence electrons. The quantitative estimate of drug-likeness (QED) is 0.607. The second-order valence-electron chi connectivity index (χ2n) is 8.12. The first kappa shape index (κ1) is 22.5. The summed E-state index contributed by atoms with van der Waals surface area (Å²) in [5.41, 5.74) is 3.40. The number of aryl methyl sites for hydroxylation is 1. The van der Waals surface area contributed by atoms with E-state index in [9.17, 15) is 13.2 Å². The largest absolute Gasteiger partial charge is 0.351 e. The Morgan fingerprint density at radius 1 is 1.10 bits per heavy atom. The van der Waals surface area contributed by atoms with Gasteiger partial charge in [-0.3, -0.25) is 9.69 Å². The zero-order valence-electron chi connectivity index (χ0n) is 17.7. The van der Waals surface area contributed by atoms with Gasteiger partial charge in [-0.2, -0.15) is 0 Å². The van der Waals surface area contributed by atoms with Crippen molar-refractivity contribution in [3.63, 3.8) is 0 Å². The van der Waals surface area contributed by atoms with Gasteiger partial charge in [-0.05, 0) is 61.9 Å². The minimum Gasteiger partial charge on any atom is -0.351 e. The molecule has 1 aliphatic carbocycles. The fraction of sp³-hybridized carbons (Fsp3) is 0.435. The van der Waals surface area contributed by atoms with Gasteiger partial charge in [0, 0.05) is 12.6 Å². The average molecular weight is 430 g/mol. The van der Waals surface area contributed by atoms with Gasteiger partial charge in [0.2, 0.25) is 15.9 Å². The lowest BCUT2D eigenvalue weighted by atomic mass is 9.99. The molecule has 30 heavy (non-hydrogen) atoms. The second-order valence-corrected chi connectivity index (χ2v) is 9.68. The number of nitrogens with two attached hydrogens (primary N) is 1. The van der Waals surface area contributed by atoms with Crippen LogP contribution in [0.3, 0.4) is 0 Å². The Labute approximate surface area is 179 Å². The molecule has 0 spiro atoms. The van der Waals surface area contributed by atoms with Crippen LogP contribution >= 0.6 is 0 Å². The number of benzene rings is 2. The van der Waals surface area contributed by atoms with Crippen LogP contribution in [0.15, 0.2) is 53.4 Å². The molecule has 3 N–H and O–H groups in total. The number of sulfonamides is 1. The highest BCUT2D eigenvalue weighted by Crippen LogP contribution is 2.37. The van der Waals surface area contributed by atoms with Crippen molar-refractivity contribution >= 4 is 15.9 Å². The molecule has 2 aromatic rings.